The van der Waals surface area contributed by atoms with Crippen molar-refractivity contribution in [1.29, 1.82) is 0 Å². The fourth-order valence-electron chi connectivity index (χ4n) is 4.28. The minimum atomic E-state index is -1.11. The molecule has 0 aliphatic heterocycles. The van der Waals surface area contributed by atoms with Gasteiger partial charge in [0, 0.05) is 19.0 Å². The van der Waals surface area contributed by atoms with E-state index in [-0.39, 0.29) is 41.4 Å². The molecule has 1 aromatic carbocycles. The van der Waals surface area contributed by atoms with Crippen LogP contribution in [0.15, 0.2) is 48.8 Å². The Morgan fingerprint density at radius 1 is 1.18 bits per heavy atom. The van der Waals surface area contributed by atoms with Gasteiger partial charge in [0.15, 0.2) is 11.5 Å². The molecule has 0 saturated heterocycles. The number of pyridine rings is 1. The lowest BCUT2D eigenvalue weighted by Crippen LogP contribution is -2.35. The number of aliphatic hydroxyl groups is 1. The topological polar surface area (TPSA) is 163 Å². The highest BCUT2D eigenvalue weighted by Gasteiger charge is 2.34. The van der Waals surface area contributed by atoms with E-state index in [2.05, 4.69) is 30.5 Å². The number of amides is 2. The van der Waals surface area contributed by atoms with Gasteiger partial charge in [-0.05, 0) is 41.0 Å². The first kappa shape index (κ1) is 24.5. The summed E-state index contributed by atoms with van der Waals surface area (Å²) in [5, 5.41) is 28.9. The zero-order valence-corrected chi connectivity index (χ0v) is 19.4. The number of carboxylic acids is 1. The highest BCUT2D eigenvalue weighted by atomic mass is 19.1. The summed E-state index contributed by atoms with van der Waals surface area (Å²) in [5.41, 5.74) is 0.978. The van der Waals surface area contributed by atoms with E-state index < -0.39 is 35.7 Å². The molecule has 3 aromatic heterocycles. The molecule has 4 N–H and O–H groups in total. The van der Waals surface area contributed by atoms with Gasteiger partial charge < -0.3 is 25.7 Å². The third kappa shape index (κ3) is 4.51. The molecule has 190 valence electrons. The number of hydrogen-bond acceptors (Lipinski definition) is 7. The highest BCUT2D eigenvalue weighted by molar-refractivity contribution is 5.98. The maximum Gasteiger partial charge on any atom is 0.335 e. The van der Waals surface area contributed by atoms with Gasteiger partial charge in [0.1, 0.15) is 17.6 Å². The summed E-state index contributed by atoms with van der Waals surface area (Å²) < 4.78 is 15.3. The number of benzene rings is 1. The summed E-state index contributed by atoms with van der Waals surface area (Å²) in [6, 6.07) is 7.73. The number of carboxylic acid groups (broad SMARTS) is 1. The normalized spacial score (nSPS) is 16.0. The average Bonchev–Trinajstić information content (AvgIpc) is 3.45. The number of nitrogens with zero attached hydrogens (tertiary/aromatic N) is 5. The van der Waals surface area contributed by atoms with E-state index in [4.69, 9.17) is 6.57 Å². The Morgan fingerprint density at radius 2 is 2.00 bits per heavy atom. The van der Waals surface area contributed by atoms with Crippen molar-refractivity contribution < 1.29 is 29.0 Å². The smallest absolute Gasteiger partial charge is 0.335 e. The second kappa shape index (κ2) is 9.68. The second-order valence-corrected chi connectivity index (χ2v) is 8.51. The number of nitrogens with one attached hydrogen (secondary N) is 2. The number of hydrogen-bond donors (Lipinski definition) is 4. The predicted molar refractivity (Wildman–Crippen MR) is 128 cm³/mol. The molecule has 1 aliphatic carbocycles. The van der Waals surface area contributed by atoms with Crippen molar-refractivity contribution in [1.82, 2.24) is 30.2 Å². The average molecular weight is 515 g/mol. The lowest BCUT2D eigenvalue weighted by molar-refractivity contribution is 0.0696. The van der Waals surface area contributed by atoms with Crippen molar-refractivity contribution in [2.24, 2.45) is 0 Å². The molecule has 38 heavy (non-hydrogen) atoms. The van der Waals surface area contributed by atoms with Gasteiger partial charge in [-0.3, -0.25) is 9.59 Å². The third-order valence-electron chi connectivity index (χ3n) is 6.10. The maximum atomic E-state index is 14.4. The lowest BCUT2D eigenvalue weighted by Gasteiger charge is -2.18. The molecular formula is C25H18FN7O5. The van der Waals surface area contributed by atoms with Gasteiger partial charge in [-0.15, -0.1) is 4.98 Å². The Hall–Kier alpha value is -5.22. The highest BCUT2D eigenvalue weighted by Crippen LogP contribution is 2.32. The van der Waals surface area contributed by atoms with Crippen molar-refractivity contribution >= 4 is 29.2 Å². The summed E-state index contributed by atoms with van der Waals surface area (Å²) in [6.45, 7) is 7.07. The van der Waals surface area contributed by atoms with Gasteiger partial charge in [-0.2, -0.15) is 5.10 Å². The first-order chi connectivity index (χ1) is 18.2. The SMILES string of the molecule is [C-]#[N+]c1cc(CNC(=O)c2cc(C(=O)N[C@@H]3c4ccc(C(=O)O)cc4C[C@H]3O)n3ncc(F)c3n2)ccn1. The molecular weight excluding hydrogens is 497 g/mol. The summed E-state index contributed by atoms with van der Waals surface area (Å²) in [4.78, 5) is 48.5. The first-order valence-corrected chi connectivity index (χ1v) is 11.2. The standard InChI is InChI=1S/C25H18FN7O5/c1-27-20-6-12(4-5-28-20)10-29-23(35)17-9-18(33-22(31-17)16(26)11-30-33)24(36)32-21-15-3-2-13(25(37)38)7-14(15)8-19(21)34/h2-7,9,11,19,21,34H,8,10H2,(H,29,35)(H,32,36)(H,37,38)/t19-,21-/m1/s1. The zero-order valence-electron chi connectivity index (χ0n) is 19.4. The molecule has 5 rings (SSSR count). The van der Waals surface area contributed by atoms with E-state index in [1.807, 2.05) is 0 Å². The number of aromatic carboxylic acids is 1. The quantitative estimate of drug-likeness (QED) is 0.283. The molecule has 0 fully saturated rings. The Balaban J connectivity index is 1.41. The van der Waals surface area contributed by atoms with Crippen LogP contribution in [0.2, 0.25) is 0 Å². The maximum absolute atomic E-state index is 14.4. The van der Waals surface area contributed by atoms with Gasteiger partial charge in [-0.25, -0.2) is 18.7 Å². The summed E-state index contributed by atoms with van der Waals surface area (Å²) in [5.74, 6) is -3.26. The van der Waals surface area contributed by atoms with Crippen LogP contribution in [-0.4, -0.2) is 53.7 Å². The monoisotopic (exact) mass is 515 g/mol. The van der Waals surface area contributed by atoms with E-state index in [0.29, 0.717) is 16.7 Å². The van der Waals surface area contributed by atoms with E-state index in [9.17, 15) is 29.0 Å². The van der Waals surface area contributed by atoms with Gasteiger partial charge in [-0.1, -0.05) is 12.6 Å². The molecule has 12 nitrogen and oxygen atoms in total. The van der Waals surface area contributed by atoms with Gasteiger partial charge in [0.05, 0.1) is 23.9 Å². The van der Waals surface area contributed by atoms with Crippen LogP contribution in [0, 0.1) is 12.4 Å². The second-order valence-electron chi connectivity index (χ2n) is 8.51. The fourth-order valence-corrected chi connectivity index (χ4v) is 4.28. The van der Waals surface area contributed by atoms with Crippen LogP contribution in [0.5, 0.6) is 0 Å². The lowest BCUT2D eigenvalue weighted by atomic mass is 10.0. The van der Waals surface area contributed by atoms with Gasteiger partial charge in [0.2, 0.25) is 0 Å². The minimum absolute atomic E-state index is 0.0311. The minimum Gasteiger partial charge on any atom is -0.478 e. The number of carbonyl (C=O) groups excluding carboxylic acids is 2. The number of halogens is 1. The van der Waals surface area contributed by atoms with Crippen LogP contribution < -0.4 is 10.6 Å². The van der Waals surface area contributed by atoms with E-state index >= 15 is 0 Å². The van der Waals surface area contributed by atoms with E-state index in [1.165, 1.54) is 30.5 Å². The number of aromatic nitrogens is 4. The Bertz CT molecular complexity index is 1660. The molecule has 0 saturated carbocycles. The van der Waals surface area contributed by atoms with Crippen molar-refractivity contribution in [2.75, 3.05) is 0 Å². The Labute approximate surface area is 213 Å². The largest absolute Gasteiger partial charge is 0.478 e. The van der Waals surface area contributed by atoms with Crippen molar-refractivity contribution in [3.05, 3.63) is 99.7 Å². The number of fused-ring (bicyclic) bond motifs is 2. The Morgan fingerprint density at radius 3 is 2.76 bits per heavy atom. The summed E-state index contributed by atoms with van der Waals surface area (Å²) in [7, 11) is 0. The van der Waals surface area contributed by atoms with Gasteiger partial charge >= 0.3 is 5.97 Å². The zero-order chi connectivity index (χ0) is 27.0. The van der Waals surface area contributed by atoms with Crippen LogP contribution in [0.1, 0.15) is 54.1 Å². The molecule has 0 unspecified atom stereocenters. The molecule has 0 bridgehead atoms. The number of rotatable bonds is 6. The van der Waals surface area contributed by atoms with E-state index in [0.717, 1.165) is 16.8 Å². The summed E-state index contributed by atoms with van der Waals surface area (Å²) in [6.07, 6.45) is 1.38. The fraction of sp³-hybridized carbons (Fsp3) is 0.160. The molecule has 0 spiro atoms. The number of carbonyl (C=O) groups is 3. The molecule has 2 atom stereocenters. The molecule has 4 aromatic rings. The van der Waals surface area contributed by atoms with Crippen molar-refractivity contribution in [3.8, 4) is 0 Å². The summed E-state index contributed by atoms with van der Waals surface area (Å²) >= 11 is 0. The van der Waals surface area contributed by atoms with E-state index in [1.54, 1.807) is 6.07 Å². The molecule has 13 heteroatoms. The van der Waals surface area contributed by atoms with Crippen LogP contribution in [0.4, 0.5) is 10.2 Å². The van der Waals surface area contributed by atoms with Gasteiger partial charge in [0.25, 0.3) is 17.6 Å². The molecule has 3 heterocycles. The van der Waals surface area contributed by atoms with Crippen molar-refractivity contribution in [3.63, 3.8) is 0 Å². The Kier molecular flexibility index (Phi) is 6.23. The number of aliphatic hydroxyl groups excluding tert-OH is 1. The third-order valence-corrected chi connectivity index (χ3v) is 6.10. The molecule has 2 amide bonds. The van der Waals surface area contributed by atoms with Crippen LogP contribution >= 0.6 is 0 Å². The van der Waals surface area contributed by atoms with Crippen molar-refractivity contribution in [2.45, 2.75) is 25.1 Å². The predicted octanol–water partition coefficient (Wildman–Crippen LogP) is 1.83. The van der Waals surface area contributed by atoms with Crippen LogP contribution in [-0.2, 0) is 13.0 Å². The molecule has 0 radical (unpaired) electrons. The van der Waals surface area contributed by atoms with Crippen LogP contribution in [0.3, 0.4) is 0 Å². The van der Waals surface area contributed by atoms with Crippen LogP contribution in [0.25, 0.3) is 10.5 Å². The first-order valence-electron chi connectivity index (χ1n) is 11.2. The molecule has 1 aliphatic rings.